The van der Waals surface area contributed by atoms with E-state index in [1.807, 2.05) is 48.5 Å². The second-order valence-electron chi connectivity index (χ2n) is 6.46. The molecule has 0 heterocycles. The third-order valence-electron chi connectivity index (χ3n) is 4.75. The predicted molar refractivity (Wildman–Crippen MR) is 103 cm³/mol. The van der Waals surface area contributed by atoms with Crippen LogP contribution in [0.25, 0.3) is 21.6 Å². The predicted octanol–water partition coefficient (Wildman–Crippen LogP) is 4.07. The van der Waals surface area contributed by atoms with Gasteiger partial charge in [0.25, 0.3) is 0 Å². The molecule has 0 bridgehead atoms. The third kappa shape index (κ3) is 4.24. The first-order chi connectivity index (χ1) is 13.6. The maximum absolute atomic E-state index is 12.1. The van der Waals surface area contributed by atoms with Crippen LogP contribution in [0.1, 0.15) is 29.9 Å². The second-order valence-corrected chi connectivity index (χ2v) is 6.46. The Kier molecular flexibility index (Phi) is 6.14. The summed E-state index contributed by atoms with van der Waals surface area (Å²) in [6, 6.07) is 14.8. The number of fused-ring (bicyclic) bond motifs is 3. The van der Waals surface area contributed by atoms with Gasteiger partial charge in [-0.3, -0.25) is 0 Å². The Balaban J connectivity index is 1.62. The Morgan fingerprint density at radius 3 is 2.32 bits per heavy atom. The fourth-order valence-electron chi connectivity index (χ4n) is 3.45. The van der Waals surface area contributed by atoms with E-state index in [0.717, 1.165) is 22.3 Å². The molecule has 1 aliphatic rings. The number of ether oxygens (including phenoxy) is 1. The van der Waals surface area contributed by atoms with E-state index in [1.54, 1.807) is 0 Å². The van der Waals surface area contributed by atoms with E-state index < -0.39 is 18.1 Å². The molecule has 2 aromatic rings. The number of rotatable bonds is 8. The number of hydrogen-bond donors (Lipinski definition) is 2. The van der Waals surface area contributed by atoms with Gasteiger partial charge in [0.2, 0.25) is 0 Å². The summed E-state index contributed by atoms with van der Waals surface area (Å²) in [7, 11) is 0. The molecule has 0 saturated heterocycles. The number of carboxylic acids is 1. The van der Waals surface area contributed by atoms with Crippen molar-refractivity contribution in [2.24, 2.45) is 5.11 Å². The van der Waals surface area contributed by atoms with Gasteiger partial charge >= 0.3 is 12.1 Å². The van der Waals surface area contributed by atoms with Crippen molar-refractivity contribution in [2.45, 2.75) is 24.8 Å². The second kappa shape index (κ2) is 8.92. The van der Waals surface area contributed by atoms with Crippen molar-refractivity contribution in [1.29, 1.82) is 0 Å². The lowest BCUT2D eigenvalue weighted by Crippen LogP contribution is -2.41. The van der Waals surface area contributed by atoms with Crippen LogP contribution in [0.5, 0.6) is 0 Å². The zero-order chi connectivity index (χ0) is 19.9. The number of carbonyl (C=O) groups excluding carboxylic acids is 1. The molecule has 144 valence electrons. The molecule has 0 radical (unpaired) electrons. The van der Waals surface area contributed by atoms with Gasteiger partial charge in [0, 0.05) is 17.4 Å². The summed E-state index contributed by atoms with van der Waals surface area (Å²) < 4.78 is 5.35. The molecular formula is C20H20N4O4. The van der Waals surface area contributed by atoms with Gasteiger partial charge in [-0.25, -0.2) is 9.59 Å². The van der Waals surface area contributed by atoms with Gasteiger partial charge in [-0.05, 0) is 40.6 Å². The minimum Gasteiger partial charge on any atom is -0.480 e. The highest BCUT2D eigenvalue weighted by Crippen LogP contribution is 2.44. The maximum atomic E-state index is 12.1. The highest BCUT2D eigenvalue weighted by Gasteiger charge is 2.29. The SMILES string of the molecule is [N-]=[N+]=NCCC[C@@H](NC(=O)OCC1c2ccccc2-c2ccccc21)C(=O)O. The topological polar surface area (TPSA) is 124 Å². The Labute approximate surface area is 161 Å². The Bertz CT molecular complexity index is 878. The molecule has 0 aromatic heterocycles. The van der Waals surface area contributed by atoms with E-state index in [1.165, 1.54) is 0 Å². The van der Waals surface area contributed by atoms with Crippen molar-refractivity contribution in [2.75, 3.05) is 13.2 Å². The van der Waals surface area contributed by atoms with Crippen LogP contribution in [0, 0.1) is 0 Å². The van der Waals surface area contributed by atoms with E-state index in [0.29, 0.717) is 6.42 Å². The van der Waals surface area contributed by atoms with E-state index in [9.17, 15) is 14.7 Å². The first-order valence-electron chi connectivity index (χ1n) is 8.97. The summed E-state index contributed by atoms with van der Waals surface area (Å²) in [6.45, 7) is 0.289. The summed E-state index contributed by atoms with van der Waals surface area (Å²) in [5.41, 5.74) is 12.7. The van der Waals surface area contributed by atoms with Crippen molar-refractivity contribution < 1.29 is 19.4 Å². The van der Waals surface area contributed by atoms with Gasteiger partial charge in [0.05, 0.1) is 0 Å². The highest BCUT2D eigenvalue weighted by atomic mass is 16.5. The number of carboxylic acid groups (broad SMARTS) is 1. The Morgan fingerprint density at radius 1 is 1.14 bits per heavy atom. The Morgan fingerprint density at radius 2 is 1.75 bits per heavy atom. The van der Waals surface area contributed by atoms with Crippen LogP contribution < -0.4 is 5.32 Å². The number of carbonyl (C=O) groups is 2. The first kappa shape index (κ1) is 19.3. The minimum atomic E-state index is -1.16. The number of aliphatic carboxylic acids is 1. The quantitative estimate of drug-likeness (QED) is 0.310. The van der Waals surface area contributed by atoms with Gasteiger partial charge < -0.3 is 15.2 Å². The average Bonchev–Trinajstić information content (AvgIpc) is 3.02. The standard InChI is InChI=1S/C20H20N4O4/c21-24-22-11-5-10-18(19(25)26)23-20(27)28-12-17-15-8-3-1-6-13(15)14-7-2-4-9-16(14)17/h1-4,6-9,17-18H,5,10-12H2,(H,23,27)(H,25,26)/t18-/m1/s1. The molecule has 2 N–H and O–H groups in total. The smallest absolute Gasteiger partial charge is 0.407 e. The van der Waals surface area contributed by atoms with Crippen LogP contribution in [-0.2, 0) is 9.53 Å². The monoisotopic (exact) mass is 380 g/mol. The summed E-state index contributed by atoms with van der Waals surface area (Å²) >= 11 is 0. The number of hydrogen-bond acceptors (Lipinski definition) is 4. The molecule has 0 unspecified atom stereocenters. The summed E-state index contributed by atoms with van der Waals surface area (Å²) in [5, 5.41) is 15.0. The van der Waals surface area contributed by atoms with Gasteiger partial charge in [-0.2, -0.15) is 0 Å². The van der Waals surface area contributed by atoms with Crippen LogP contribution in [-0.4, -0.2) is 36.4 Å². The Hall–Kier alpha value is -3.51. The maximum Gasteiger partial charge on any atom is 0.407 e. The number of benzene rings is 2. The zero-order valence-corrected chi connectivity index (χ0v) is 15.1. The zero-order valence-electron chi connectivity index (χ0n) is 15.1. The number of amides is 1. The molecule has 1 amide bonds. The normalized spacial score (nSPS) is 13.0. The molecule has 28 heavy (non-hydrogen) atoms. The molecule has 0 spiro atoms. The molecule has 1 aliphatic carbocycles. The first-order valence-corrected chi connectivity index (χ1v) is 8.97. The van der Waals surface area contributed by atoms with Gasteiger partial charge in [0.1, 0.15) is 12.6 Å². The van der Waals surface area contributed by atoms with E-state index in [4.69, 9.17) is 10.3 Å². The molecule has 8 nitrogen and oxygen atoms in total. The summed E-state index contributed by atoms with van der Waals surface area (Å²) in [6.07, 6.45) is -0.276. The van der Waals surface area contributed by atoms with Crippen LogP contribution >= 0.6 is 0 Å². The van der Waals surface area contributed by atoms with Crippen molar-refractivity contribution >= 4 is 12.1 Å². The number of alkyl carbamates (subject to hydrolysis) is 1. The molecule has 3 rings (SSSR count). The lowest BCUT2D eigenvalue weighted by molar-refractivity contribution is -0.139. The van der Waals surface area contributed by atoms with Gasteiger partial charge in [-0.15, -0.1) is 0 Å². The van der Waals surface area contributed by atoms with E-state index in [2.05, 4.69) is 15.3 Å². The molecule has 0 saturated carbocycles. The van der Waals surface area contributed by atoms with Gasteiger partial charge in [-0.1, -0.05) is 53.6 Å². The number of nitrogens with one attached hydrogen (secondary N) is 1. The van der Waals surface area contributed by atoms with Crippen LogP contribution in [0.3, 0.4) is 0 Å². The highest BCUT2D eigenvalue weighted by molar-refractivity contribution is 5.81. The molecular weight excluding hydrogens is 360 g/mol. The van der Waals surface area contributed by atoms with Crippen molar-refractivity contribution in [3.05, 3.63) is 70.1 Å². The lowest BCUT2D eigenvalue weighted by atomic mass is 9.98. The molecule has 0 aliphatic heterocycles. The van der Waals surface area contributed by atoms with Crippen molar-refractivity contribution in [3.8, 4) is 11.1 Å². The van der Waals surface area contributed by atoms with Crippen LogP contribution in [0.15, 0.2) is 53.6 Å². The molecule has 8 heteroatoms. The van der Waals surface area contributed by atoms with E-state index >= 15 is 0 Å². The van der Waals surface area contributed by atoms with Crippen molar-refractivity contribution in [1.82, 2.24) is 5.32 Å². The fourth-order valence-corrected chi connectivity index (χ4v) is 3.45. The molecule has 0 fully saturated rings. The third-order valence-corrected chi connectivity index (χ3v) is 4.75. The largest absolute Gasteiger partial charge is 0.480 e. The molecule has 2 aromatic carbocycles. The fraction of sp³-hybridized carbons (Fsp3) is 0.300. The summed E-state index contributed by atoms with van der Waals surface area (Å²) in [5.74, 6) is -1.25. The minimum absolute atomic E-state index is 0.0913. The van der Waals surface area contributed by atoms with E-state index in [-0.39, 0.29) is 25.5 Å². The number of azide groups is 1. The average molecular weight is 380 g/mol. The van der Waals surface area contributed by atoms with Crippen molar-refractivity contribution in [3.63, 3.8) is 0 Å². The van der Waals surface area contributed by atoms with Crippen LogP contribution in [0.4, 0.5) is 4.79 Å². The summed E-state index contributed by atoms with van der Waals surface area (Å²) in [4.78, 5) is 26.1. The molecule has 1 atom stereocenters. The lowest BCUT2D eigenvalue weighted by Gasteiger charge is -2.17. The number of nitrogens with zero attached hydrogens (tertiary/aromatic N) is 3. The van der Waals surface area contributed by atoms with Gasteiger partial charge in [0.15, 0.2) is 0 Å². The van der Waals surface area contributed by atoms with Crippen LogP contribution in [0.2, 0.25) is 0 Å².